The third-order valence-electron chi connectivity index (χ3n) is 2.86. The van der Waals surface area contributed by atoms with E-state index in [0.29, 0.717) is 18.3 Å². The Balaban J connectivity index is 2.35. The highest BCUT2D eigenvalue weighted by molar-refractivity contribution is 8.00. The molecule has 0 aliphatic carbocycles. The number of aryl methyl sites for hydroxylation is 2. The molecule has 0 unspecified atom stereocenters. The SMILES string of the molecule is CCN[C@H](C)CNC(=O)CSc1cc(C)ccc1C. The van der Waals surface area contributed by atoms with Crippen LogP contribution in [0.25, 0.3) is 0 Å². The van der Waals surface area contributed by atoms with Gasteiger partial charge in [-0.25, -0.2) is 0 Å². The fourth-order valence-electron chi connectivity index (χ4n) is 1.74. The molecule has 0 aliphatic heterocycles. The zero-order valence-corrected chi connectivity index (χ0v) is 13.1. The number of hydrogen-bond acceptors (Lipinski definition) is 3. The van der Waals surface area contributed by atoms with Gasteiger partial charge in [-0.15, -0.1) is 11.8 Å². The van der Waals surface area contributed by atoms with Crippen LogP contribution in [0.3, 0.4) is 0 Å². The first-order valence-corrected chi connectivity index (χ1v) is 7.71. The molecule has 0 heterocycles. The molecule has 1 rings (SSSR count). The first-order chi connectivity index (χ1) is 9.02. The zero-order chi connectivity index (χ0) is 14.3. The Morgan fingerprint density at radius 1 is 1.37 bits per heavy atom. The Hall–Kier alpha value is -1.00. The van der Waals surface area contributed by atoms with E-state index in [1.54, 1.807) is 11.8 Å². The predicted octanol–water partition coefficient (Wildman–Crippen LogP) is 2.51. The lowest BCUT2D eigenvalue weighted by Gasteiger charge is -2.13. The minimum atomic E-state index is 0.0932. The molecular weight excluding hydrogens is 256 g/mol. The van der Waals surface area contributed by atoms with Gasteiger partial charge in [0, 0.05) is 17.5 Å². The van der Waals surface area contributed by atoms with Gasteiger partial charge in [-0.05, 0) is 38.9 Å². The molecule has 19 heavy (non-hydrogen) atoms. The molecule has 0 bridgehead atoms. The second kappa shape index (κ2) is 8.23. The molecule has 106 valence electrons. The van der Waals surface area contributed by atoms with Crippen molar-refractivity contribution in [3.63, 3.8) is 0 Å². The second-order valence-electron chi connectivity index (χ2n) is 4.82. The Kier molecular flexibility index (Phi) is 6.95. The molecule has 4 heteroatoms. The maximum absolute atomic E-state index is 11.8. The Morgan fingerprint density at radius 3 is 2.79 bits per heavy atom. The molecule has 0 spiro atoms. The van der Waals surface area contributed by atoms with Crippen molar-refractivity contribution in [2.24, 2.45) is 0 Å². The van der Waals surface area contributed by atoms with Gasteiger partial charge in [-0.1, -0.05) is 24.6 Å². The van der Waals surface area contributed by atoms with Crippen LogP contribution in [0.1, 0.15) is 25.0 Å². The van der Waals surface area contributed by atoms with E-state index in [4.69, 9.17) is 0 Å². The van der Waals surface area contributed by atoms with Gasteiger partial charge < -0.3 is 10.6 Å². The fourth-order valence-corrected chi connectivity index (χ4v) is 2.70. The van der Waals surface area contributed by atoms with Crippen molar-refractivity contribution in [1.29, 1.82) is 0 Å². The van der Waals surface area contributed by atoms with E-state index in [0.717, 1.165) is 6.54 Å². The number of thioether (sulfide) groups is 1. The molecule has 2 N–H and O–H groups in total. The lowest BCUT2D eigenvalue weighted by Crippen LogP contribution is -2.39. The summed E-state index contributed by atoms with van der Waals surface area (Å²) in [5, 5.41) is 6.22. The van der Waals surface area contributed by atoms with Crippen molar-refractivity contribution in [2.75, 3.05) is 18.8 Å². The monoisotopic (exact) mass is 280 g/mol. The van der Waals surface area contributed by atoms with E-state index in [-0.39, 0.29) is 5.91 Å². The van der Waals surface area contributed by atoms with Gasteiger partial charge in [0.15, 0.2) is 0 Å². The molecule has 0 saturated carbocycles. The van der Waals surface area contributed by atoms with E-state index in [1.165, 1.54) is 16.0 Å². The molecule has 1 amide bonds. The largest absolute Gasteiger partial charge is 0.354 e. The summed E-state index contributed by atoms with van der Waals surface area (Å²) >= 11 is 1.60. The topological polar surface area (TPSA) is 41.1 Å². The molecule has 0 aliphatic rings. The summed E-state index contributed by atoms with van der Waals surface area (Å²) in [4.78, 5) is 13.0. The number of carbonyl (C=O) groups excluding carboxylic acids is 1. The summed E-state index contributed by atoms with van der Waals surface area (Å²) < 4.78 is 0. The van der Waals surface area contributed by atoms with Gasteiger partial charge in [0.05, 0.1) is 5.75 Å². The van der Waals surface area contributed by atoms with Crippen LogP contribution in [0.5, 0.6) is 0 Å². The van der Waals surface area contributed by atoms with Gasteiger partial charge >= 0.3 is 0 Å². The van der Waals surface area contributed by atoms with Crippen molar-refractivity contribution < 1.29 is 4.79 Å². The van der Waals surface area contributed by atoms with Crippen molar-refractivity contribution in [2.45, 2.75) is 38.6 Å². The summed E-state index contributed by atoms with van der Waals surface area (Å²) in [5.41, 5.74) is 2.46. The van der Waals surface area contributed by atoms with Crippen molar-refractivity contribution in [3.05, 3.63) is 29.3 Å². The zero-order valence-electron chi connectivity index (χ0n) is 12.2. The Bertz CT molecular complexity index is 421. The van der Waals surface area contributed by atoms with Gasteiger partial charge in [-0.3, -0.25) is 4.79 Å². The van der Waals surface area contributed by atoms with Crippen LogP contribution in [0.4, 0.5) is 0 Å². The third-order valence-corrected chi connectivity index (χ3v) is 4.02. The third kappa shape index (κ3) is 6.12. The normalized spacial score (nSPS) is 12.2. The highest BCUT2D eigenvalue weighted by atomic mass is 32.2. The number of hydrogen-bond donors (Lipinski definition) is 2. The lowest BCUT2D eigenvalue weighted by molar-refractivity contribution is -0.118. The minimum absolute atomic E-state index is 0.0932. The first kappa shape index (κ1) is 16.1. The molecule has 1 aromatic carbocycles. The van der Waals surface area contributed by atoms with Crippen molar-refractivity contribution in [3.8, 4) is 0 Å². The highest BCUT2D eigenvalue weighted by Gasteiger charge is 2.06. The first-order valence-electron chi connectivity index (χ1n) is 6.73. The Morgan fingerprint density at radius 2 is 2.11 bits per heavy atom. The van der Waals surface area contributed by atoms with Crippen LogP contribution in [0.15, 0.2) is 23.1 Å². The van der Waals surface area contributed by atoms with Gasteiger partial charge in [0.1, 0.15) is 0 Å². The van der Waals surface area contributed by atoms with Crippen LogP contribution in [-0.2, 0) is 4.79 Å². The number of likely N-dealkylation sites (N-methyl/N-ethyl adjacent to an activating group) is 1. The van der Waals surface area contributed by atoms with E-state index < -0.39 is 0 Å². The average Bonchev–Trinajstić information content (AvgIpc) is 2.38. The highest BCUT2D eigenvalue weighted by Crippen LogP contribution is 2.23. The molecule has 3 nitrogen and oxygen atoms in total. The summed E-state index contributed by atoms with van der Waals surface area (Å²) in [5.74, 6) is 0.569. The molecule has 0 saturated heterocycles. The lowest BCUT2D eigenvalue weighted by atomic mass is 10.2. The number of carbonyl (C=O) groups is 1. The number of benzene rings is 1. The standard InChI is InChI=1S/C15H24N2OS/c1-5-16-13(4)9-17-15(18)10-19-14-8-11(2)6-7-12(14)3/h6-8,13,16H,5,9-10H2,1-4H3,(H,17,18)/t13-/m1/s1. The van der Waals surface area contributed by atoms with Gasteiger partial charge in [0.2, 0.25) is 5.91 Å². The molecule has 1 atom stereocenters. The number of rotatable bonds is 7. The predicted molar refractivity (Wildman–Crippen MR) is 82.8 cm³/mol. The van der Waals surface area contributed by atoms with E-state index in [9.17, 15) is 4.79 Å². The molecule has 0 aromatic heterocycles. The fraction of sp³-hybridized carbons (Fsp3) is 0.533. The van der Waals surface area contributed by atoms with Crippen LogP contribution in [0, 0.1) is 13.8 Å². The Labute approximate surface area is 120 Å². The second-order valence-corrected chi connectivity index (χ2v) is 5.84. The van der Waals surface area contributed by atoms with E-state index in [2.05, 4.69) is 56.5 Å². The van der Waals surface area contributed by atoms with E-state index >= 15 is 0 Å². The molecule has 0 radical (unpaired) electrons. The van der Waals surface area contributed by atoms with Crippen LogP contribution < -0.4 is 10.6 Å². The minimum Gasteiger partial charge on any atom is -0.354 e. The maximum atomic E-state index is 11.8. The van der Waals surface area contributed by atoms with Crippen LogP contribution in [0.2, 0.25) is 0 Å². The average molecular weight is 280 g/mol. The molecule has 1 aromatic rings. The van der Waals surface area contributed by atoms with E-state index in [1.807, 2.05) is 0 Å². The van der Waals surface area contributed by atoms with Crippen LogP contribution in [-0.4, -0.2) is 30.8 Å². The summed E-state index contributed by atoms with van der Waals surface area (Å²) in [6.45, 7) is 9.89. The molecule has 0 fully saturated rings. The van der Waals surface area contributed by atoms with Crippen molar-refractivity contribution in [1.82, 2.24) is 10.6 Å². The number of nitrogens with one attached hydrogen (secondary N) is 2. The van der Waals surface area contributed by atoms with Crippen LogP contribution >= 0.6 is 11.8 Å². The quantitative estimate of drug-likeness (QED) is 0.754. The van der Waals surface area contributed by atoms with Gasteiger partial charge in [0.25, 0.3) is 0 Å². The smallest absolute Gasteiger partial charge is 0.230 e. The van der Waals surface area contributed by atoms with Gasteiger partial charge in [-0.2, -0.15) is 0 Å². The van der Waals surface area contributed by atoms with Crippen molar-refractivity contribution >= 4 is 17.7 Å². The molecular formula is C15H24N2OS. The summed E-state index contributed by atoms with van der Waals surface area (Å²) in [7, 11) is 0. The summed E-state index contributed by atoms with van der Waals surface area (Å²) in [6, 6.07) is 6.65. The maximum Gasteiger partial charge on any atom is 0.230 e. The number of amides is 1. The summed E-state index contributed by atoms with van der Waals surface area (Å²) in [6.07, 6.45) is 0.